The SMILES string of the molecule is CCOC(=O)C1(C(=O)OCC)C[C@@H]2[C@H](C1)c1cc3c(cc1C(=O)[C@H]2c1ccccc1)OCO3. The number of carbonyl (C=O) groups is 3. The summed E-state index contributed by atoms with van der Waals surface area (Å²) in [5.41, 5.74) is 0.756. The molecule has 2 aromatic carbocycles. The molecule has 5 rings (SSSR count). The van der Waals surface area contributed by atoms with E-state index in [-0.39, 0.29) is 50.5 Å². The summed E-state index contributed by atoms with van der Waals surface area (Å²) in [4.78, 5) is 40.2. The molecule has 3 atom stereocenters. The molecule has 1 fully saturated rings. The van der Waals surface area contributed by atoms with E-state index in [0.717, 1.165) is 11.1 Å². The minimum Gasteiger partial charge on any atom is -0.465 e. The second-order valence-electron chi connectivity index (χ2n) is 8.75. The van der Waals surface area contributed by atoms with Gasteiger partial charge >= 0.3 is 11.9 Å². The van der Waals surface area contributed by atoms with E-state index in [9.17, 15) is 14.4 Å². The number of hydrogen-bond donors (Lipinski definition) is 0. The number of fused-ring (bicyclic) bond motifs is 4. The Hall–Kier alpha value is -3.35. The fraction of sp³-hybridized carbons (Fsp3) is 0.423. The minimum atomic E-state index is -1.45. The zero-order chi connectivity index (χ0) is 23.2. The van der Waals surface area contributed by atoms with Gasteiger partial charge in [0.1, 0.15) is 0 Å². The van der Waals surface area contributed by atoms with Crippen LogP contribution in [0, 0.1) is 11.3 Å². The van der Waals surface area contributed by atoms with Crippen LogP contribution in [0.2, 0.25) is 0 Å². The molecule has 0 spiro atoms. The van der Waals surface area contributed by atoms with Crippen LogP contribution in [0.3, 0.4) is 0 Å². The first-order valence-electron chi connectivity index (χ1n) is 11.4. The lowest BCUT2D eigenvalue weighted by Crippen LogP contribution is -2.40. The van der Waals surface area contributed by atoms with Gasteiger partial charge in [0, 0.05) is 5.56 Å². The summed E-state index contributed by atoms with van der Waals surface area (Å²) >= 11 is 0. The predicted molar refractivity (Wildman–Crippen MR) is 117 cm³/mol. The maximum atomic E-state index is 13.8. The van der Waals surface area contributed by atoms with Crippen molar-refractivity contribution in [1.82, 2.24) is 0 Å². The van der Waals surface area contributed by atoms with Gasteiger partial charge < -0.3 is 18.9 Å². The van der Waals surface area contributed by atoms with Gasteiger partial charge in [-0.1, -0.05) is 30.3 Å². The molecule has 0 unspecified atom stereocenters. The maximum Gasteiger partial charge on any atom is 0.323 e. The zero-order valence-electron chi connectivity index (χ0n) is 18.7. The van der Waals surface area contributed by atoms with Crippen molar-refractivity contribution in [3.8, 4) is 11.5 Å². The monoisotopic (exact) mass is 450 g/mol. The summed E-state index contributed by atoms with van der Waals surface area (Å²) in [6, 6.07) is 13.1. The van der Waals surface area contributed by atoms with Crippen molar-refractivity contribution in [3.05, 3.63) is 59.2 Å². The van der Waals surface area contributed by atoms with Gasteiger partial charge in [0.05, 0.1) is 19.1 Å². The molecule has 0 N–H and O–H groups in total. The fourth-order valence-corrected chi connectivity index (χ4v) is 5.70. The molecule has 7 heteroatoms. The highest BCUT2D eigenvalue weighted by molar-refractivity contribution is 6.06. The van der Waals surface area contributed by atoms with Crippen molar-refractivity contribution < 1.29 is 33.3 Å². The molecule has 2 aromatic rings. The van der Waals surface area contributed by atoms with E-state index >= 15 is 0 Å². The smallest absolute Gasteiger partial charge is 0.323 e. The number of ketones is 1. The first kappa shape index (κ1) is 21.5. The van der Waals surface area contributed by atoms with Gasteiger partial charge in [0.2, 0.25) is 6.79 Å². The van der Waals surface area contributed by atoms with Gasteiger partial charge in [-0.15, -0.1) is 0 Å². The highest BCUT2D eigenvalue weighted by Gasteiger charge is 2.62. The average molecular weight is 450 g/mol. The molecule has 172 valence electrons. The van der Waals surface area contributed by atoms with Crippen LogP contribution in [-0.4, -0.2) is 37.7 Å². The van der Waals surface area contributed by atoms with Gasteiger partial charge in [-0.2, -0.15) is 0 Å². The number of carbonyl (C=O) groups excluding carboxylic acids is 3. The summed E-state index contributed by atoms with van der Waals surface area (Å²) in [5, 5.41) is 0. The third-order valence-electron chi connectivity index (χ3n) is 7.08. The van der Waals surface area contributed by atoms with Gasteiger partial charge in [0.25, 0.3) is 0 Å². The van der Waals surface area contributed by atoms with E-state index in [1.54, 1.807) is 19.9 Å². The van der Waals surface area contributed by atoms with E-state index in [1.807, 2.05) is 36.4 Å². The first-order chi connectivity index (χ1) is 16.0. The average Bonchev–Trinajstić information content (AvgIpc) is 3.44. The van der Waals surface area contributed by atoms with Gasteiger partial charge in [-0.3, -0.25) is 14.4 Å². The van der Waals surface area contributed by atoms with Crippen LogP contribution in [0.4, 0.5) is 0 Å². The number of hydrogen-bond acceptors (Lipinski definition) is 7. The quantitative estimate of drug-likeness (QED) is 0.502. The summed E-state index contributed by atoms with van der Waals surface area (Å²) in [6.45, 7) is 3.84. The lowest BCUT2D eigenvalue weighted by Gasteiger charge is -2.34. The Labute approximate surface area is 192 Å². The van der Waals surface area contributed by atoms with Crippen molar-refractivity contribution in [2.24, 2.45) is 11.3 Å². The summed E-state index contributed by atoms with van der Waals surface area (Å²) in [5.74, 6) is -1.07. The zero-order valence-corrected chi connectivity index (χ0v) is 18.7. The first-order valence-corrected chi connectivity index (χ1v) is 11.4. The van der Waals surface area contributed by atoms with Gasteiger partial charge in [-0.05, 0) is 61.8 Å². The summed E-state index contributed by atoms with van der Waals surface area (Å²) in [7, 11) is 0. The van der Waals surface area contributed by atoms with Crippen LogP contribution in [-0.2, 0) is 19.1 Å². The molecule has 33 heavy (non-hydrogen) atoms. The molecule has 0 radical (unpaired) electrons. The van der Waals surface area contributed by atoms with Crippen LogP contribution in [0.1, 0.15) is 60.0 Å². The number of benzene rings is 2. The molecular weight excluding hydrogens is 424 g/mol. The Morgan fingerprint density at radius 3 is 2.24 bits per heavy atom. The molecule has 0 bridgehead atoms. The second-order valence-corrected chi connectivity index (χ2v) is 8.75. The number of ether oxygens (including phenoxy) is 4. The molecule has 1 heterocycles. The molecule has 0 aromatic heterocycles. The van der Waals surface area contributed by atoms with E-state index in [0.29, 0.717) is 17.1 Å². The molecular formula is C26H26O7. The molecule has 1 aliphatic heterocycles. The third kappa shape index (κ3) is 3.29. The van der Waals surface area contributed by atoms with E-state index in [2.05, 4.69) is 0 Å². The largest absolute Gasteiger partial charge is 0.465 e. The fourth-order valence-electron chi connectivity index (χ4n) is 5.70. The van der Waals surface area contributed by atoms with Crippen LogP contribution >= 0.6 is 0 Å². The number of Topliss-reactive ketones (excluding diaryl/α,β-unsaturated/α-hetero) is 1. The Morgan fingerprint density at radius 2 is 1.61 bits per heavy atom. The molecule has 1 saturated carbocycles. The van der Waals surface area contributed by atoms with Gasteiger partial charge in [0.15, 0.2) is 22.7 Å². The third-order valence-corrected chi connectivity index (χ3v) is 7.08. The molecule has 3 aliphatic rings. The predicted octanol–water partition coefficient (Wildman–Crippen LogP) is 4.00. The maximum absolute atomic E-state index is 13.8. The van der Waals surface area contributed by atoms with Crippen molar-refractivity contribution in [1.29, 1.82) is 0 Å². The van der Waals surface area contributed by atoms with Crippen molar-refractivity contribution >= 4 is 17.7 Å². The van der Waals surface area contributed by atoms with E-state index in [1.165, 1.54) is 0 Å². The Kier molecular flexibility index (Phi) is 5.35. The molecule has 2 aliphatic carbocycles. The molecule has 0 saturated heterocycles. The van der Waals surface area contributed by atoms with Crippen LogP contribution in [0.15, 0.2) is 42.5 Å². The van der Waals surface area contributed by atoms with Crippen LogP contribution in [0.25, 0.3) is 0 Å². The van der Waals surface area contributed by atoms with Crippen LogP contribution < -0.4 is 9.47 Å². The Balaban J connectivity index is 1.67. The molecule has 0 amide bonds. The van der Waals surface area contributed by atoms with E-state index in [4.69, 9.17) is 18.9 Å². The highest BCUT2D eigenvalue weighted by atomic mass is 16.7. The van der Waals surface area contributed by atoms with Crippen molar-refractivity contribution in [2.45, 2.75) is 38.5 Å². The van der Waals surface area contributed by atoms with Gasteiger partial charge in [-0.25, -0.2) is 0 Å². The van der Waals surface area contributed by atoms with E-state index < -0.39 is 23.3 Å². The standard InChI is InChI=1S/C26H26O7/c1-3-30-24(28)26(25(29)31-4-2)12-18-16-10-20-21(33-14-32-20)11-17(16)23(27)22(19(18)13-26)15-8-6-5-7-9-15/h5-11,18-19,22H,3-4,12-14H2,1-2H3/t18-,19-,22+/m1/s1. The topological polar surface area (TPSA) is 88.1 Å². The normalized spacial score (nSPS) is 24.1. The highest BCUT2D eigenvalue weighted by Crippen LogP contribution is 2.60. The minimum absolute atomic E-state index is 0.0423. The summed E-state index contributed by atoms with van der Waals surface area (Å²) < 4.78 is 21.8. The van der Waals surface area contributed by atoms with Crippen LogP contribution in [0.5, 0.6) is 11.5 Å². The summed E-state index contributed by atoms with van der Waals surface area (Å²) in [6.07, 6.45) is 0.410. The van der Waals surface area contributed by atoms with Crippen molar-refractivity contribution in [3.63, 3.8) is 0 Å². The second kappa shape index (κ2) is 8.21. The number of esters is 2. The Bertz CT molecular complexity index is 1090. The number of rotatable bonds is 5. The van der Waals surface area contributed by atoms with Crippen molar-refractivity contribution in [2.75, 3.05) is 20.0 Å². The lowest BCUT2D eigenvalue weighted by molar-refractivity contribution is -0.172. The lowest BCUT2D eigenvalue weighted by atomic mass is 9.67. The Morgan fingerprint density at radius 1 is 0.970 bits per heavy atom. The molecule has 7 nitrogen and oxygen atoms in total.